The Labute approximate surface area is 85.1 Å². The van der Waals surface area contributed by atoms with Crippen LogP contribution in [0, 0.1) is 0 Å². The van der Waals surface area contributed by atoms with E-state index in [-0.39, 0.29) is 0 Å². The van der Waals surface area contributed by atoms with Crippen LogP contribution in [0.15, 0.2) is 24.3 Å². The standard InChI is InChI=1S/C11H16ClN/c1-3-13-9(2)8-10-6-4-5-7-11(10)12/h4-7,9,13H,3,8H2,1-2H3. The molecule has 13 heavy (non-hydrogen) atoms. The molecule has 1 rings (SSSR count). The van der Waals surface area contributed by atoms with Crippen LogP contribution >= 0.6 is 11.6 Å². The molecule has 0 saturated heterocycles. The Morgan fingerprint density at radius 3 is 2.69 bits per heavy atom. The summed E-state index contributed by atoms with van der Waals surface area (Å²) in [5.41, 5.74) is 1.22. The molecule has 0 saturated carbocycles. The molecule has 1 aromatic rings. The van der Waals surface area contributed by atoms with Crippen LogP contribution in [0.25, 0.3) is 0 Å². The molecule has 1 unspecified atom stereocenters. The molecular formula is C11H16ClN. The lowest BCUT2D eigenvalue weighted by Crippen LogP contribution is -2.27. The molecular weight excluding hydrogens is 182 g/mol. The van der Waals surface area contributed by atoms with E-state index >= 15 is 0 Å². The molecule has 0 aliphatic rings. The normalized spacial score (nSPS) is 12.8. The third kappa shape index (κ3) is 3.37. The van der Waals surface area contributed by atoms with Crippen LogP contribution in [0.1, 0.15) is 19.4 Å². The lowest BCUT2D eigenvalue weighted by atomic mass is 10.1. The van der Waals surface area contributed by atoms with Gasteiger partial charge in [-0.1, -0.05) is 36.7 Å². The van der Waals surface area contributed by atoms with Gasteiger partial charge >= 0.3 is 0 Å². The second kappa shape index (κ2) is 5.25. The number of hydrogen-bond acceptors (Lipinski definition) is 1. The van der Waals surface area contributed by atoms with Gasteiger partial charge in [0.2, 0.25) is 0 Å². The van der Waals surface area contributed by atoms with Gasteiger partial charge in [-0.3, -0.25) is 0 Å². The van der Waals surface area contributed by atoms with Crippen LogP contribution in [0.3, 0.4) is 0 Å². The van der Waals surface area contributed by atoms with Gasteiger partial charge in [0.15, 0.2) is 0 Å². The minimum Gasteiger partial charge on any atom is -0.314 e. The van der Waals surface area contributed by atoms with Crippen molar-refractivity contribution >= 4 is 11.6 Å². The Bertz CT molecular complexity index is 260. The van der Waals surface area contributed by atoms with Crippen molar-refractivity contribution in [1.29, 1.82) is 0 Å². The number of halogens is 1. The fraction of sp³-hybridized carbons (Fsp3) is 0.455. The van der Waals surface area contributed by atoms with E-state index in [4.69, 9.17) is 11.6 Å². The van der Waals surface area contributed by atoms with E-state index in [2.05, 4.69) is 25.2 Å². The summed E-state index contributed by atoms with van der Waals surface area (Å²) in [7, 11) is 0. The van der Waals surface area contributed by atoms with Crippen LogP contribution in [0.5, 0.6) is 0 Å². The maximum atomic E-state index is 6.04. The van der Waals surface area contributed by atoms with E-state index < -0.39 is 0 Å². The molecule has 2 heteroatoms. The van der Waals surface area contributed by atoms with E-state index in [0.29, 0.717) is 6.04 Å². The van der Waals surface area contributed by atoms with Crippen LogP contribution in [0.2, 0.25) is 5.02 Å². The average Bonchev–Trinajstić information content (AvgIpc) is 2.09. The highest BCUT2D eigenvalue weighted by Gasteiger charge is 2.04. The second-order valence-electron chi connectivity index (χ2n) is 3.25. The second-order valence-corrected chi connectivity index (χ2v) is 3.66. The minimum absolute atomic E-state index is 0.491. The summed E-state index contributed by atoms with van der Waals surface area (Å²) < 4.78 is 0. The molecule has 1 aromatic carbocycles. The van der Waals surface area contributed by atoms with E-state index in [9.17, 15) is 0 Å². The van der Waals surface area contributed by atoms with E-state index in [0.717, 1.165) is 18.0 Å². The van der Waals surface area contributed by atoms with Crippen molar-refractivity contribution < 1.29 is 0 Å². The average molecular weight is 198 g/mol. The highest BCUT2D eigenvalue weighted by molar-refractivity contribution is 6.31. The van der Waals surface area contributed by atoms with Crippen molar-refractivity contribution in [1.82, 2.24) is 5.32 Å². The summed E-state index contributed by atoms with van der Waals surface area (Å²) in [6, 6.07) is 8.50. The van der Waals surface area contributed by atoms with E-state index in [1.165, 1.54) is 5.56 Å². The summed E-state index contributed by atoms with van der Waals surface area (Å²) in [5.74, 6) is 0. The van der Waals surface area contributed by atoms with Crippen molar-refractivity contribution in [3.8, 4) is 0 Å². The van der Waals surface area contributed by atoms with Gasteiger partial charge in [0.25, 0.3) is 0 Å². The van der Waals surface area contributed by atoms with Gasteiger partial charge in [0.05, 0.1) is 0 Å². The highest BCUT2D eigenvalue weighted by Crippen LogP contribution is 2.16. The maximum Gasteiger partial charge on any atom is 0.0438 e. The lowest BCUT2D eigenvalue weighted by Gasteiger charge is -2.12. The third-order valence-electron chi connectivity index (χ3n) is 2.04. The zero-order valence-electron chi connectivity index (χ0n) is 8.18. The highest BCUT2D eigenvalue weighted by atomic mass is 35.5. The maximum absolute atomic E-state index is 6.04. The quantitative estimate of drug-likeness (QED) is 0.783. The van der Waals surface area contributed by atoms with Crippen LogP contribution in [-0.2, 0) is 6.42 Å². The molecule has 0 aromatic heterocycles. The van der Waals surface area contributed by atoms with Gasteiger partial charge in [-0.15, -0.1) is 0 Å². The predicted octanol–water partition coefficient (Wildman–Crippen LogP) is 2.88. The third-order valence-corrected chi connectivity index (χ3v) is 2.41. The Morgan fingerprint density at radius 1 is 1.38 bits per heavy atom. The fourth-order valence-electron chi connectivity index (χ4n) is 1.41. The number of benzene rings is 1. The number of nitrogens with one attached hydrogen (secondary N) is 1. The molecule has 0 aliphatic heterocycles. The zero-order valence-corrected chi connectivity index (χ0v) is 8.93. The first-order chi connectivity index (χ1) is 6.24. The summed E-state index contributed by atoms with van der Waals surface area (Å²) in [5, 5.41) is 4.23. The molecule has 0 heterocycles. The smallest absolute Gasteiger partial charge is 0.0438 e. The summed E-state index contributed by atoms with van der Waals surface area (Å²) in [6.45, 7) is 5.29. The first kappa shape index (κ1) is 10.6. The summed E-state index contributed by atoms with van der Waals surface area (Å²) >= 11 is 6.04. The van der Waals surface area contributed by atoms with Gasteiger partial charge in [-0.25, -0.2) is 0 Å². The van der Waals surface area contributed by atoms with Gasteiger partial charge in [0.1, 0.15) is 0 Å². The Morgan fingerprint density at radius 2 is 2.08 bits per heavy atom. The molecule has 72 valence electrons. The SMILES string of the molecule is CCNC(C)Cc1ccccc1Cl. The Kier molecular flexibility index (Phi) is 4.26. The predicted molar refractivity (Wildman–Crippen MR) is 58.3 cm³/mol. The first-order valence-corrected chi connectivity index (χ1v) is 5.08. The number of rotatable bonds is 4. The van der Waals surface area contributed by atoms with Crippen molar-refractivity contribution in [2.45, 2.75) is 26.3 Å². The monoisotopic (exact) mass is 197 g/mol. The van der Waals surface area contributed by atoms with Gasteiger partial charge in [0, 0.05) is 11.1 Å². The molecule has 1 atom stereocenters. The molecule has 0 spiro atoms. The zero-order chi connectivity index (χ0) is 9.68. The van der Waals surface area contributed by atoms with E-state index in [1.54, 1.807) is 0 Å². The number of hydrogen-bond donors (Lipinski definition) is 1. The fourth-order valence-corrected chi connectivity index (χ4v) is 1.63. The van der Waals surface area contributed by atoms with Crippen molar-refractivity contribution in [3.63, 3.8) is 0 Å². The summed E-state index contributed by atoms with van der Waals surface area (Å²) in [6.07, 6.45) is 0.994. The number of likely N-dealkylation sites (N-methyl/N-ethyl adjacent to an activating group) is 1. The topological polar surface area (TPSA) is 12.0 Å². The van der Waals surface area contributed by atoms with Crippen LogP contribution in [-0.4, -0.2) is 12.6 Å². The van der Waals surface area contributed by atoms with Gasteiger partial charge in [-0.05, 0) is 31.5 Å². The van der Waals surface area contributed by atoms with Crippen LogP contribution < -0.4 is 5.32 Å². The molecule has 1 N–H and O–H groups in total. The summed E-state index contributed by atoms with van der Waals surface area (Å²) in [4.78, 5) is 0. The molecule has 0 aliphatic carbocycles. The Hall–Kier alpha value is -0.530. The van der Waals surface area contributed by atoms with Gasteiger partial charge < -0.3 is 5.32 Å². The van der Waals surface area contributed by atoms with E-state index in [1.807, 2.05) is 18.2 Å². The molecule has 0 fully saturated rings. The Balaban J connectivity index is 2.58. The molecule has 1 nitrogen and oxygen atoms in total. The van der Waals surface area contributed by atoms with Crippen molar-refractivity contribution in [2.75, 3.05) is 6.54 Å². The van der Waals surface area contributed by atoms with Gasteiger partial charge in [-0.2, -0.15) is 0 Å². The molecule has 0 bridgehead atoms. The van der Waals surface area contributed by atoms with Crippen molar-refractivity contribution in [2.24, 2.45) is 0 Å². The molecule has 0 amide bonds. The van der Waals surface area contributed by atoms with Crippen molar-refractivity contribution in [3.05, 3.63) is 34.9 Å². The minimum atomic E-state index is 0.491. The lowest BCUT2D eigenvalue weighted by molar-refractivity contribution is 0.565. The largest absolute Gasteiger partial charge is 0.314 e. The van der Waals surface area contributed by atoms with Crippen LogP contribution in [0.4, 0.5) is 0 Å². The molecule has 0 radical (unpaired) electrons. The first-order valence-electron chi connectivity index (χ1n) is 4.70.